The number of rotatable bonds is 2. The van der Waals surface area contributed by atoms with Crippen LogP contribution in [-0.2, 0) is 15.1 Å². The number of benzene rings is 2. The fourth-order valence-corrected chi connectivity index (χ4v) is 4.86. The maximum atomic E-state index is 13.3. The van der Waals surface area contributed by atoms with Gasteiger partial charge in [-0.3, -0.25) is 14.1 Å². The Morgan fingerprint density at radius 2 is 1.81 bits per heavy atom. The third kappa shape index (κ3) is 2.96. The van der Waals surface area contributed by atoms with Gasteiger partial charge in [-0.15, -0.1) is 0 Å². The zero-order valence-electron chi connectivity index (χ0n) is 16.0. The smallest absolute Gasteiger partial charge is 0.446 e. The van der Waals surface area contributed by atoms with E-state index in [9.17, 15) is 32.8 Å². The van der Waals surface area contributed by atoms with Gasteiger partial charge in [0, 0.05) is 30.5 Å². The van der Waals surface area contributed by atoms with E-state index < -0.39 is 62.2 Å². The molecule has 10 nitrogen and oxygen atoms in total. The van der Waals surface area contributed by atoms with Crippen molar-refractivity contribution in [3.63, 3.8) is 0 Å². The number of phenols is 2. The molecular formula is C20H16O10S. The van der Waals surface area contributed by atoms with Crippen molar-refractivity contribution in [2.24, 2.45) is 0 Å². The summed E-state index contributed by atoms with van der Waals surface area (Å²) in [5, 5.41) is 20.0. The van der Waals surface area contributed by atoms with Crippen LogP contribution in [0.2, 0.25) is 0 Å². The van der Waals surface area contributed by atoms with Gasteiger partial charge in [0.05, 0.1) is 22.8 Å². The second kappa shape index (κ2) is 6.19. The Hall–Kier alpha value is -3.15. The number of carbonyl (C=O) groups excluding carboxylic acids is 2. The Balaban J connectivity index is 1.84. The Morgan fingerprint density at radius 3 is 2.52 bits per heavy atom. The summed E-state index contributed by atoms with van der Waals surface area (Å²) in [6, 6.07) is 3.21. The molecule has 11 heteroatoms. The SMILES string of the molecule is CC12CCCC(O1)c1c(cc3c(c1OS(=O)(=O)O)C(=O)c1c(O)cc(O)cc1C3=O)O2. The van der Waals surface area contributed by atoms with E-state index in [1.807, 2.05) is 0 Å². The predicted octanol–water partition coefficient (Wildman–Crippen LogP) is 2.41. The summed E-state index contributed by atoms with van der Waals surface area (Å²) < 4.78 is 49.2. The number of fused-ring (bicyclic) bond motifs is 6. The van der Waals surface area contributed by atoms with E-state index >= 15 is 0 Å². The molecule has 1 saturated heterocycles. The standard InChI is InChI=1S/C20H16O10S/c1-20-4-2-3-12(28-20)16-13(29-20)7-10-15(19(16)30-31(25,26)27)18(24)14-9(17(10)23)5-8(21)6-11(14)22/h5-7,12,21-22H,2-4H2,1H3,(H,25,26,27). The third-order valence-electron chi connectivity index (χ3n) is 5.65. The largest absolute Gasteiger partial charge is 0.508 e. The fourth-order valence-electron chi connectivity index (χ4n) is 4.47. The van der Waals surface area contributed by atoms with E-state index in [2.05, 4.69) is 0 Å². The van der Waals surface area contributed by atoms with Crippen LogP contribution in [0.25, 0.3) is 0 Å². The first kappa shape index (κ1) is 19.8. The zero-order valence-corrected chi connectivity index (χ0v) is 16.9. The highest BCUT2D eigenvalue weighted by Crippen LogP contribution is 2.53. The van der Waals surface area contributed by atoms with Crippen LogP contribution < -0.4 is 8.92 Å². The van der Waals surface area contributed by atoms with Gasteiger partial charge in [0.15, 0.2) is 11.5 Å². The van der Waals surface area contributed by atoms with Crippen LogP contribution in [0.5, 0.6) is 23.0 Å². The molecule has 5 rings (SSSR count). The summed E-state index contributed by atoms with van der Waals surface area (Å²) in [4.78, 5) is 26.4. The Labute approximate surface area is 175 Å². The highest BCUT2D eigenvalue weighted by molar-refractivity contribution is 7.81. The van der Waals surface area contributed by atoms with Crippen molar-refractivity contribution in [2.75, 3.05) is 0 Å². The van der Waals surface area contributed by atoms with Crippen molar-refractivity contribution in [2.45, 2.75) is 38.1 Å². The molecule has 0 spiro atoms. The zero-order chi connectivity index (χ0) is 22.3. The fraction of sp³-hybridized carbons (Fsp3) is 0.300. The highest BCUT2D eigenvalue weighted by atomic mass is 32.3. The number of ketones is 2. The monoisotopic (exact) mass is 448 g/mol. The minimum atomic E-state index is -5.10. The molecule has 2 aliphatic heterocycles. The minimum Gasteiger partial charge on any atom is -0.508 e. The molecule has 0 radical (unpaired) electrons. The number of ether oxygens (including phenoxy) is 2. The average Bonchev–Trinajstić information content (AvgIpc) is 2.63. The van der Waals surface area contributed by atoms with E-state index in [0.29, 0.717) is 19.3 Å². The summed E-state index contributed by atoms with van der Waals surface area (Å²) in [6.45, 7) is 1.70. The quantitative estimate of drug-likeness (QED) is 0.497. The topological polar surface area (TPSA) is 157 Å². The van der Waals surface area contributed by atoms with Gasteiger partial charge in [0.2, 0.25) is 11.6 Å². The lowest BCUT2D eigenvalue weighted by Gasteiger charge is -2.44. The molecule has 0 amide bonds. The lowest BCUT2D eigenvalue weighted by molar-refractivity contribution is -0.243. The van der Waals surface area contributed by atoms with Gasteiger partial charge in [-0.05, 0) is 25.0 Å². The van der Waals surface area contributed by atoms with Crippen LogP contribution >= 0.6 is 0 Å². The molecule has 0 saturated carbocycles. The van der Waals surface area contributed by atoms with E-state index in [-0.39, 0.29) is 22.4 Å². The van der Waals surface area contributed by atoms with Gasteiger partial charge in [0.1, 0.15) is 17.2 Å². The molecule has 2 bridgehead atoms. The van der Waals surface area contributed by atoms with Crippen molar-refractivity contribution in [1.29, 1.82) is 0 Å². The molecule has 31 heavy (non-hydrogen) atoms. The van der Waals surface area contributed by atoms with E-state index in [1.54, 1.807) is 6.92 Å². The van der Waals surface area contributed by atoms with E-state index in [0.717, 1.165) is 12.1 Å². The molecule has 3 aliphatic rings. The number of carbonyl (C=O) groups is 2. The Kier molecular flexibility index (Phi) is 3.95. The van der Waals surface area contributed by atoms with Gasteiger partial charge < -0.3 is 23.9 Å². The van der Waals surface area contributed by atoms with Crippen molar-refractivity contribution < 1.29 is 46.4 Å². The molecule has 162 valence electrons. The van der Waals surface area contributed by atoms with Crippen LogP contribution in [-0.4, -0.2) is 40.5 Å². The summed E-state index contributed by atoms with van der Waals surface area (Å²) in [5.41, 5.74) is -1.29. The molecule has 2 unspecified atom stereocenters. The Morgan fingerprint density at radius 1 is 1.10 bits per heavy atom. The van der Waals surface area contributed by atoms with Gasteiger partial charge in [-0.1, -0.05) is 0 Å². The van der Waals surface area contributed by atoms with E-state index in [4.69, 9.17) is 13.7 Å². The first-order valence-corrected chi connectivity index (χ1v) is 10.7. The molecule has 2 aromatic carbocycles. The van der Waals surface area contributed by atoms with Gasteiger partial charge in [-0.25, -0.2) is 0 Å². The normalized spacial score (nSPS) is 24.0. The van der Waals surface area contributed by atoms with Gasteiger partial charge in [-0.2, -0.15) is 8.42 Å². The van der Waals surface area contributed by atoms with Crippen molar-refractivity contribution in [1.82, 2.24) is 0 Å². The molecule has 1 fully saturated rings. The van der Waals surface area contributed by atoms with Crippen LogP contribution in [0.1, 0.15) is 69.7 Å². The number of hydrogen-bond acceptors (Lipinski definition) is 9. The lowest BCUT2D eigenvalue weighted by Crippen LogP contribution is -2.44. The van der Waals surface area contributed by atoms with Crippen LogP contribution in [0.4, 0.5) is 0 Å². The molecule has 2 heterocycles. The summed E-state index contributed by atoms with van der Waals surface area (Å²) in [5.74, 6) is -4.27. The second-order valence-corrected chi connectivity index (χ2v) is 8.85. The molecule has 0 aromatic heterocycles. The molecule has 3 N–H and O–H groups in total. The summed E-state index contributed by atoms with van der Waals surface area (Å²) >= 11 is 0. The van der Waals surface area contributed by atoms with Crippen molar-refractivity contribution in [3.8, 4) is 23.0 Å². The summed E-state index contributed by atoms with van der Waals surface area (Å²) in [7, 11) is -5.10. The number of aromatic hydroxyl groups is 2. The maximum Gasteiger partial charge on any atom is 0.446 e. The van der Waals surface area contributed by atoms with Crippen LogP contribution in [0.3, 0.4) is 0 Å². The molecule has 1 aliphatic carbocycles. The second-order valence-electron chi connectivity index (χ2n) is 7.83. The first-order valence-electron chi connectivity index (χ1n) is 9.37. The third-order valence-corrected chi connectivity index (χ3v) is 6.03. The minimum absolute atomic E-state index is 0.0800. The number of phenolic OH excluding ortho intramolecular Hbond substituents is 2. The molecular weight excluding hydrogens is 432 g/mol. The van der Waals surface area contributed by atoms with E-state index in [1.165, 1.54) is 6.07 Å². The summed E-state index contributed by atoms with van der Waals surface area (Å²) in [6.07, 6.45) is 0.983. The predicted molar refractivity (Wildman–Crippen MR) is 102 cm³/mol. The van der Waals surface area contributed by atoms with Crippen LogP contribution in [0.15, 0.2) is 18.2 Å². The highest BCUT2D eigenvalue weighted by Gasteiger charge is 2.47. The maximum absolute atomic E-state index is 13.3. The van der Waals surface area contributed by atoms with Crippen LogP contribution in [0, 0.1) is 0 Å². The molecule has 2 atom stereocenters. The Bertz CT molecular complexity index is 1300. The van der Waals surface area contributed by atoms with Crippen molar-refractivity contribution in [3.05, 3.63) is 46.0 Å². The van der Waals surface area contributed by atoms with Crippen molar-refractivity contribution >= 4 is 22.0 Å². The average molecular weight is 448 g/mol. The molecule has 2 aromatic rings. The van der Waals surface area contributed by atoms with Gasteiger partial charge in [0.25, 0.3) is 0 Å². The first-order chi connectivity index (χ1) is 14.5. The number of hydrogen-bond donors (Lipinski definition) is 3. The lowest BCUT2D eigenvalue weighted by atomic mass is 9.80. The van der Waals surface area contributed by atoms with Gasteiger partial charge >= 0.3 is 10.4 Å².